The fourth-order valence-electron chi connectivity index (χ4n) is 3.35. The number of nitrogens with one attached hydrogen (secondary N) is 4. The molecule has 1 aliphatic carbocycles. The topological polar surface area (TPSA) is 99.3 Å². The summed E-state index contributed by atoms with van der Waals surface area (Å²) in [6.07, 6.45) is 4.17. The van der Waals surface area contributed by atoms with E-state index in [-0.39, 0.29) is 23.9 Å². The number of carbonyl (C=O) groups is 3. The first-order valence-corrected chi connectivity index (χ1v) is 9.64. The van der Waals surface area contributed by atoms with Crippen molar-refractivity contribution in [2.45, 2.75) is 64.5 Å². The van der Waals surface area contributed by atoms with Crippen molar-refractivity contribution >= 4 is 23.5 Å². The van der Waals surface area contributed by atoms with Gasteiger partial charge in [-0.25, -0.2) is 4.79 Å². The van der Waals surface area contributed by atoms with Gasteiger partial charge in [-0.15, -0.1) is 0 Å². The summed E-state index contributed by atoms with van der Waals surface area (Å²) in [5.74, 6) is -0.431. The van der Waals surface area contributed by atoms with Crippen molar-refractivity contribution in [3.63, 3.8) is 0 Å². The molecule has 2 rings (SSSR count). The number of benzene rings is 1. The Labute approximate surface area is 160 Å². The van der Waals surface area contributed by atoms with Crippen LogP contribution in [0.3, 0.4) is 0 Å². The lowest BCUT2D eigenvalue weighted by Crippen LogP contribution is -2.59. The van der Waals surface area contributed by atoms with Gasteiger partial charge >= 0.3 is 6.03 Å². The third-order valence-corrected chi connectivity index (χ3v) is 4.63. The van der Waals surface area contributed by atoms with E-state index in [0.29, 0.717) is 30.6 Å². The van der Waals surface area contributed by atoms with E-state index >= 15 is 0 Å². The lowest BCUT2D eigenvalue weighted by molar-refractivity contribution is -0.128. The van der Waals surface area contributed by atoms with E-state index in [1.165, 1.54) is 0 Å². The van der Waals surface area contributed by atoms with Crippen LogP contribution >= 0.6 is 0 Å². The van der Waals surface area contributed by atoms with Crippen molar-refractivity contribution in [3.8, 4) is 0 Å². The molecule has 0 spiro atoms. The molecular formula is C20H30N4O3. The van der Waals surface area contributed by atoms with Gasteiger partial charge in [0.25, 0.3) is 5.91 Å². The standard InChI is InChI=1S/C20H30N4O3/c1-4-21-18(26)20(11-6-5-7-12-20)24-17(25)15-9-8-10-16(13-15)23-19(27)22-14(2)3/h8-10,13-14H,4-7,11-12H2,1-3H3,(H,21,26)(H,24,25)(H2,22,23,27). The second-order valence-corrected chi connectivity index (χ2v) is 7.29. The largest absolute Gasteiger partial charge is 0.354 e. The number of hydrogen-bond donors (Lipinski definition) is 4. The van der Waals surface area contributed by atoms with Crippen molar-refractivity contribution in [3.05, 3.63) is 29.8 Å². The molecule has 1 aliphatic rings. The quantitative estimate of drug-likeness (QED) is 0.616. The Hall–Kier alpha value is -2.57. The van der Waals surface area contributed by atoms with Crippen LogP contribution in [0, 0.1) is 0 Å². The van der Waals surface area contributed by atoms with Gasteiger partial charge < -0.3 is 21.3 Å². The number of urea groups is 1. The highest BCUT2D eigenvalue weighted by atomic mass is 16.2. The highest BCUT2D eigenvalue weighted by Gasteiger charge is 2.40. The van der Waals surface area contributed by atoms with E-state index in [4.69, 9.17) is 0 Å². The van der Waals surface area contributed by atoms with Crippen LogP contribution in [0.15, 0.2) is 24.3 Å². The number of rotatable bonds is 6. The van der Waals surface area contributed by atoms with Gasteiger partial charge in [0.2, 0.25) is 5.91 Å². The van der Waals surface area contributed by atoms with Crippen LogP contribution < -0.4 is 21.3 Å². The minimum atomic E-state index is -0.857. The Morgan fingerprint density at radius 3 is 2.44 bits per heavy atom. The molecule has 0 aromatic heterocycles. The summed E-state index contributed by atoms with van der Waals surface area (Å²) < 4.78 is 0. The highest BCUT2D eigenvalue weighted by molar-refractivity contribution is 6.00. The molecule has 4 amide bonds. The van der Waals surface area contributed by atoms with Crippen LogP contribution in [0.2, 0.25) is 0 Å². The number of hydrogen-bond acceptors (Lipinski definition) is 3. The number of anilines is 1. The van der Waals surface area contributed by atoms with Crippen LogP contribution in [0.5, 0.6) is 0 Å². The predicted octanol–water partition coefficient (Wildman–Crippen LogP) is 2.79. The Balaban J connectivity index is 2.12. The Kier molecular flexibility index (Phi) is 7.21. The maximum atomic E-state index is 12.8. The second-order valence-electron chi connectivity index (χ2n) is 7.29. The van der Waals surface area contributed by atoms with Crippen LogP contribution in [0.4, 0.5) is 10.5 Å². The number of amides is 4. The molecule has 0 heterocycles. The van der Waals surface area contributed by atoms with Gasteiger partial charge in [0.05, 0.1) is 0 Å². The number of likely N-dealkylation sites (N-methyl/N-ethyl adjacent to an activating group) is 1. The van der Waals surface area contributed by atoms with Crippen LogP contribution in [0.25, 0.3) is 0 Å². The van der Waals surface area contributed by atoms with E-state index < -0.39 is 5.54 Å². The molecule has 1 saturated carbocycles. The molecule has 0 unspecified atom stereocenters. The second kappa shape index (κ2) is 9.39. The predicted molar refractivity (Wildman–Crippen MR) is 106 cm³/mol. The summed E-state index contributed by atoms with van der Waals surface area (Å²) in [6.45, 7) is 6.14. The van der Waals surface area contributed by atoms with Gasteiger partial charge in [0, 0.05) is 23.8 Å². The summed E-state index contributed by atoms with van der Waals surface area (Å²) in [4.78, 5) is 37.3. The molecule has 7 nitrogen and oxygen atoms in total. The highest BCUT2D eigenvalue weighted by Crippen LogP contribution is 2.29. The van der Waals surface area contributed by atoms with Crippen molar-refractivity contribution < 1.29 is 14.4 Å². The summed E-state index contributed by atoms with van der Waals surface area (Å²) in [7, 11) is 0. The Morgan fingerprint density at radius 1 is 1.11 bits per heavy atom. The van der Waals surface area contributed by atoms with Crippen LogP contribution in [-0.2, 0) is 4.79 Å². The monoisotopic (exact) mass is 374 g/mol. The Morgan fingerprint density at radius 2 is 1.81 bits per heavy atom. The smallest absolute Gasteiger partial charge is 0.319 e. The molecular weight excluding hydrogens is 344 g/mol. The van der Waals surface area contributed by atoms with E-state index in [0.717, 1.165) is 19.3 Å². The molecule has 0 bridgehead atoms. The molecule has 1 aromatic carbocycles. The first-order chi connectivity index (χ1) is 12.9. The fourth-order valence-corrected chi connectivity index (χ4v) is 3.35. The van der Waals surface area contributed by atoms with Crippen molar-refractivity contribution in [2.24, 2.45) is 0 Å². The maximum absolute atomic E-state index is 12.8. The van der Waals surface area contributed by atoms with E-state index in [1.807, 2.05) is 20.8 Å². The normalized spacial score (nSPS) is 15.7. The van der Waals surface area contributed by atoms with Gasteiger partial charge in [0.1, 0.15) is 5.54 Å². The molecule has 0 saturated heterocycles. The van der Waals surface area contributed by atoms with Crippen molar-refractivity contribution in [1.82, 2.24) is 16.0 Å². The molecule has 0 aliphatic heterocycles. The lowest BCUT2D eigenvalue weighted by atomic mass is 9.80. The van der Waals surface area contributed by atoms with E-state index in [1.54, 1.807) is 24.3 Å². The summed E-state index contributed by atoms with van der Waals surface area (Å²) in [6, 6.07) is 6.41. The average Bonchev–Trinajstić information content (AvgIpc) is 2.62. The van der Waals surface area contributed by atoms with Crippen LogP contribution in [-0.4, -0.2) is 36.0 Å². The first kappa shape index (κ1) is 20.7. The van der Waals surface area contributed by atoms with E-state index in [2.05, 4.69) is 21.3 Å². The molecule has 7 heteroatoms. The summed E-state index contributed by atoms with van der Waals surface area (Å²) in [5, 5.41) is 11.3. The maximum Gasteiger partial charge on any atom is 0.319 e. The van der Waals surface area contributed by atoms with Crippen LogP contribution in [0.1, 0.15) is 63.2 Å². The zero-order chi connectivity index (χ0) is 19.9. The number of carbonyl (C=O) groups excluding carboxylic acids is 3. The lowest BCUT2D eigenvalue weighted by Gasteiger charge is -2.36. The van der Waals surface area contributed by atoms with Gasteiger partial charge in [-0.05, 0) is 51.8 Å². The molecule has 148 valence electrons. The minimum Gasteiger partial charge on any atom is -0.354 e. The molecule has 0 radical (unpaired) electrons. The summed E-state index contributed by atoms with van der Waals surface area (Å²) >= 11 is 0. The van der Waals surface area contributed by atoms with Gasteiger partial charge in [-0.2, -0.15) is 0 Å². The molecule has 1 fully saturated rings. The Bertz CT molecular complexity index is 682. The fraction of sp³-hybridized carbons (Fsp3) is 0.550. The zero-order valence-electron chi connectivity index (χ0n) is 16.4. The third kappa shape index (κ3) is 5.70. The SMILES string of the molecule is CCNC(=O)C1(NC(=O)c2cccc(NC(=O)NC(C)C)c2)CCCCC1. The van der Waals surface area contributed by atoms with Crippen molar-refractivity contribution in [1.29, 1.82) is 0 Å². The van der Waals surface area contributed by atoms with E-state index in [9.17, 15) is 14.4 Å². The zero-order valence-corrected chi connectivity index (χ0v) is 16.4. The third-order valence-electron chi connectivity index (χ3n) is 4.63. The first-order valence-electron chi connectivity index (χ1n) is 9.64. The molecule has 4 N–H and O–H groups in total. The van der Waals surface area contributed by atoms with Gasteiger partial charge in [-0.1, -0.05) is 25.3 Å². The molecule has 27 heavy (non-hydrogen) atoms. The average molecular weight is 374 g/mol. The van der Waals surface area contributed by atoms with Crippen molar-refractivity contribution in [2.75, 3.05) is 11.9 Å². The molecule has 1 aromatic rings. The van der Waals surface area contributed by atoms with Gasteiger partial charge in [-0.3, -0.25) is 9.59 Å². The minimum absolute atomic E-state index is 0.0136. The molecule has 0 atom stereocenters. The van der Waals surface area contributed by atoms with Gasteiger partial charge in [0.15, 0.2) is 0 Å². The summed E-state index contributed by atoms with van der Waals surface area (Å²) in [5.41, 5.74) is 0.0761.